The number of benzene rings is 1. The van der Waals surface area contributed by atoms with E-state index < -0.39 is 11.4 Å². The predicted octanol–water partition coefficient (Wildman–Crippen LogP) is 3.67. The van der Waals surface area contributed by atoms with Crippen LogP contribution in [-0.4, -0.2) is 17.3 Å². The Morgan fingerprint density at radius 3 is 2.58 bits per heavy atom. The normalized spacial score (nSPS) is 11.4. The van der Waals surface area contributed by atoms with Crippen molar-refractivity contribution < 1.29 is 9.50 Å². The van der Waals surface area contributed by atoms with Crippen molar-refractivity contribution in [2.75, 3.05) is 17.6 Å². The largest absolute Gasteiger partial charge is 0.397 e. The van der Waals surface area contributed by atoms with E-state index in [1.807, 2.05) is 13.8 Å². The maximum atomic E-state index is 13.9. The van der Waals surface area contributed by atoms with Gasteiger partial charge in [-0.1, -0.05) is 38.1 Å². The van der Waals surface area contributed by atoms with Gasteiger partial charge in [-0.3, -0.25) is 0 Å². The average molecular weight is 287 g/mol. The Kier molecular flexibility index (Phi) is 5.20. The standard InChI is InChI=1S/C14H20ClFN2O/c1-4-9-7-10(17)13(11(15)12(9)16)18-8-14(19,5-2)6-3/h4,7,18-19H,1,5-6,8,17H2,2-3H3. The number of nitrogens with two attached hydrogens (primary N) is 1. The summed E-state index contributed by atoms with van der Waals surface area (Å²) in [6.45, 7) is 7.53. The third kappa shape index (κ3) is 3.39. The molecule has 106 valence electrons. The fourth-order valence-corrected chi connectivity index (χ4v) is 2.03. The third-order valence-corrected chi connectivity index (χ3v) is 3.75. The molecule has 0 aromatic heterocycles. The summed E-state index contributed by atoms with van der Waals surface area (Å²) in [5, 5.41) is 13.0. The van der Waals surface area contributed by atoms with Gasteiger partial charge in [-0.05, 0) is 18.9 Å². The van der Waals surface area contributed by atoms with Crippen molar-refractivity contribution in [1.29, 1.82) is 0 Å². The molecule has 0 aliphatic rings. The van der Waals surface area contributed by atoms with Gasteiger partial charge in [-0.15, -0.1) is 0 Å². The van der Waals surface area contributed by atoms with Crippen molar-refractivity contribution in [3.05, 3.63) is 29.0 Å². The van der Waals surface area contributed by atoms with Crippen molar-refractivity contribution in [2.24, 2.45) is 0 Å². The number of nitrogens with one attached hydrogen (secondary N) is 1. The quantitative estimate of drug-likeness (QED) is 0.699. The molecule has 0 radical (unpaired) electrons. The fraction of sp³-hybridized carbons (Fsp3) is 0.429. The van der Waals surface area contributed by atoms with Crippen LogP contribution in [0.4, 0.5) is 15.8 Å². The zero-order valence-electron chi connectivity index (χ0n) is 11.3. The first-order valence-corrected chi connectivity index (χ1v) is 6.62. The van der Waals surface area contributed by atoms with E-state index >= 15 is 0 Å². The molecule has 0 saturated heterocycles. The molecule has 1 rings (SSSR count). The zero-order chi connectivity index (χ0) is 14.6. The number of nitrogen functional groups attached to an aromatic ring is 1. The van der Waals surface area contributed by atoms with Crippen LogP contribution >= 0.6 is 11.6 Å². The summed E-state index contributed by atoms with van der Waals surface area (Å²) < 4.78 is 13.9. The fourth-order valence-electron chi connectivity index (χ4n) is 1.75. The van der Waals surface area contributed by atoms with Crippen LogP contribution in [0.1, 0.15) is 32.3 Å². The molecular weight excluding hydrogens is 267 g/mol. The molecule has 0 saturated carbocycles. The smallest absolute Gasteiger partial charge is 0.151 e. The van der Waals surface area contributed by atoms with Crippen molar-refractivity contribution in [3.8, 4) is 0 Å². The van der Waals surface area contributed by atoms with Gasteiger partial charge in [-0.2, -0.15) is 0 Å². The van der Waals surface area contributed by atoms with E-state index in [-0.39, 0.29) is 17.1 Å². The van der Waals surface area contributed by atoms with Gasteiger partial charge >= 0.3 is 0 Å². The highest BCUT2D eigenvalue weighted by Gasteiger charge is 2.23. The minimum absolute atomic E-state index is 0.0792. The summed E-state index contributed by atoms with van der Waals surface area (Å²) in [5.74, 6) is -0.565. The molecule has 0 unspecified atom stereocenters. The second kappa shape index (κ2) is 6.26. The third-order valence-electron chi connectivity index (χ3n) is 3.40. The highest BCUT2D eigenvalue weighted by atomic mass is 35.5. The van der Waals surface area contributed by atoms with Crippen LogP contribution in [0.2, 0.25) is 5.02 Å². The molecule has 19 heavy (non-hydrogen) atoms. The molecule has 0 aliphatic heterocycles. The summed E-state index contributed by atoms with van der Waals surface area (Å²) in [6, 6.07) is 1.47. The number of aliphatic hydroxyl groups is 1. The van der Waals surface area contributed by atoms with E-state index in [2.05, 4.69) is 11.9 Å². The Labute approximate surface area is 118 Å². The van der Waals surface area contributed by atoms with Gasteiger partial charge in [0.1, 0.15) is 5.02 Å². The van der Waals surface area contributed by atoms with Gasteiger partial charge < -0.3 is 16.2 Å². The Balaban J connectivity index is 3.03. The predicted molar refractivity (Wildman–Crippen MR) is 79.9 cm³/mol. The number of anilines is 2. The molecule has 1 aromatic rings. The Morgan fingerprint density at radius 2 is 2.11 bits per heavy atom. The molecule has 0 fully saturated rings. The van der Waals surface area contributed by atoms with Crippen LogP contribution in [0.15, 0.2) is 12.6 Å². The molecule has 0 spiro atoms. The van der Waals surface area contributed by atoms with Gasteiger partial charge in [0, 0.05) is 12.1 Å². The van der Waals surface area contributed by atoms with Crippen LogP contribution in [0.3, 0.4) is 0 Å². The maximum Gasteiger partial charge on any atom is 0.151 e. The number of halogens is 2. The first-order chi connectivity index (χ1) is 8.88. The van der Waals surface area contributed by atoms with E-state index in [1.54, 1.807) is 0 Å². The number of rotatable bonds is 6. The molecule has 0 heterocycles. The summed E-state index contributed by atoms with van der Waals surface area (Å²) in [4.78, 5) is 0. The van der Waals surface area contributed by atoms with E-state index in [0.717, 1.165) is 0 Å². The van der Waals surface area contributed by atoms with Gasteiger partial charge in [0.15, 0.2) is 5.82 Å². The lowest BCUT2D eigenvalue weighted by Gasteiger charge is -2.26. The molecule has 4 N–H and O–H groups in total. The summed E-state index contributed by atoms with van der Waals surface area (Å²) in [7, 11) is 0. The summed E-state index contributed by atoms with van der Waals surface area (Å²) in [5.41, 5.74) is 5.88. The first-order valence-electron chi connectivity index (χ1n) is 6.24. The second-order valence-electron chi connectivity index (χ2n) is 4.55. The van der Waals surface area contributed by atoms with Crippen molar-refractivity contribution in [1.82, 2.24) is 0 Å². The highest BCUT2D eigenvalue weighted by molar-refractivity contribution is 6.34. The van der Waals surface area contributed by atoms with Gasteiger partial charge in [0.05, 0.1) is 17.0 Å². The average Bonchev–Trinajstić information content (AvgIpc) is 2.42. The van der Waals surface area contributed by atoms with Gasteiger partial charge in [0.25, 0.3) is 0 Å². The van der Waals surface area contributed by atoms with Crippen LogP contribution in [0.5, 0.6) is 0 Å². The first kappa shape index (κ1) is 15.8. The Hall–Kier alpha value is -1.26. The molecular formula is C14H20ClFN2O. The van der Waals surface area contributed by atoms with Crippen LogP contribution in [-0.2, 0) is 0 Å². The van der Waals surface area contributed by atoms with Gasteiger partial charge in [-0.25, -0.2) is 4.39 Å². The van der Waals surface area contributed by atoms with Gasteiger partial charge in [0.2, 0.25) is 0 Å². The monoisotopic (exact) mass is 286 g/mol. The van der Waals surface area contributed by atoms with Crippen LogP contribution in [0, 0.1) is 5.82 Å². The van der Waals surface area contributed by atoms with E-state index in [9.17, 15) is 9.50 Å². The van der Waals surface area contributed by atoms with Crippen molar-refractivity contribution >= 4 is 29.1 Å². The van der Waals surface area contributed by atoms with E-state index in [1.165, 1.54) is 12.1 Å². The van der Waals surface area contributed by atoms with Crippen molar-refractivity contribution in [2.45, 2.75) is 32.3 Å². The van der Waals surface area contributed by atoms with Crippen molar-refractivity contribution in [3.63, 3.8) is 0 Å². The lowest BCUT2D eigenvalue weighted by Crippen LogP contribution is -2.35. The topological polar surface area (TPSA) is 58.3 Å². The SMILES string of the molecule is C=Cc1cc(N)c(NCC(O)(CC)CC)c(Cl)c1F. The Bertz CT molecular complexity index is 473. The maximum absolute atomic E-state index is 13.9. The van der Waals surface area contributed by atoms with E-state index in [0.29, 0.717) is 24.2 Å². The lowest BCUT2D eigenvalue weighted by atomic mass is 9.97. The molecule has 0 aliphatic carbocycles. The molecule has 5 heteroatoms. The molecule has 0 atom stereocenters. The molecule has 0 bridgehead atoms. The summed E-state index contributed by atoms with van der Waals surface area (Å²) in [6.07, 6.45) is 2.53. The molecule has 1 aromatic carbocycles. The lowest BCUT2D eigenvalue weighted by molar-refractivity contribution is 0.0457. The van der Waals surface area contributed by atoms with Crippen LogP contribution < -0.4 is 11.1 Å². The highest BCUT2D eigenvalue weighted by Crippen LogP contribution is 2.34. The van der Waals surface area contributed by atoms with Crippen LogP contribution in [0.25, 0.3) is 6.08 Å². The number of hydrogen-bond donors (Lipinski definition) is 3. The molecule has 3 nitrogen and oxygen atoms in total. The zero-order valence-corrected chi connectivity index (χ0v) is 12.0. The van der Waals surface area contributed by atoms with E-state index in [4.69, 9.17) is 17.3 Å². The summed E-state index contributed by atoms with van der Waals surface area (Å²) >= 11 is 5.95. The molecule has 0 amide bonds. The minimum atomic E-state index is -0.858. The number of hydrogen-bond acceptors (Lipinski definition) is 3. The Morgan fingerprint density at radius 1 is 1.53 bits per heavy atom. The minimum Gasteiger partial charge on any atom is -0.397 e. The second-order valence-corrected chi connectivity index (χ2v) is 4.93.